The highest BCUT2D eigenvalue weighted by molar-refractivity contribution is 8.00. The van der Waals surface area contributed by atoms with Crippen LogP contribution < -0.4 is 10.1 Å². The van der Waals surface area contributed by atoms with Gasteiger partial charge in [-0.3, -0.25) is 4.79 Å². The molecule has 9 heteroatoms. The number of carbonyl (C=O) groups excluding carboxylic acids is 1. The van der Waals surface area contributed by atoms with E-state index >= 15 is 0 Å². The first-order valence-electron chi connectivity index (χ1n) is 14.0. The Kier molecular flexibility index (Phi) is 7.20. The Morgan fingerprint density at radius 2 is 1.63 bits per heavy atom. The number of rotatable bonds is 8. The lowest BCUT2D eigenvalue weighted by molar-refractivity contribution is -0.150. The van der Waals surface area contributed by atoms with E-state index in [2.05, 4.69) is 5.32 Å². The molecule has 0 aromatic heterocycles. The summed E-state index contributed by atoms with van der Waals surface area (Å²) in [7, 11) is 0. The van der Waals surface area contributed by atoms with Crippen molar-refractivity contribution in [3.63, 3.8) is 0 Å². The van der Waals surface area contributed by atoms with Gasteiger partial charge in [0.25, 0.3) is 5.91 Å². The molecule has 0 spiro atoms. The molecule has 2 N–H and O–H groups in total. The third-order valence-corrected chi connectivity index (χ3v) is 9.87. The number of fused-ring (bicyclic) bond motifs is 1. The maximum absolute atomic E-state index is 13.8. The van der Waals surface area contributed by atoms with Crippen LogP contribution in [0.3, 0.4) is 0 Å². The SMILES string of the molecule is Cc1ccc2c(OCc3ccc(SC(F)(F)F)cc3)c(C(=O)N[C@H](C(=O)O)C34CC5CC(CC(C5)C3)C4)ccc2c1. The summed E-state index contributed by atoms with van der Waals surface area (Å²) >= 11 is -0.180. The molecule has 0 unspecified atom stereocenters. The van der Waals surface area contributed by atoms with Gasteiger partial charge in [-0.2, -0.15) is 13.2 Å². The fraction of sp³-hybridized carbons (Fsp3) is 0.438. The molecule has 4 aliphatic rings. The van der Waals surface area contributed by atoms with Gasteiger partial charge in [0.05, 0.1) is 5.56 Å². The second kappa shape index (κ2) is 10.6. The summed E-state index contributed by atoms with van der Waals surface area (Å²) in [6, 6.07) is 14.2. The molecular formula is C32H32F3NO4S. The van der Waals surface area contributed by atoms with E-state index < -0.39 is 28.8 Å². The molecule has 0 heterocycles. The zero-order chi connectivity index (χ0) is 28.9. The van der Waals surface area contributed by atoms with E-state index in [1.54, 1.807) is 18.2 Å². The Bertz CT molecular complexity index is 1450. The second-order valence-electron chi connectivity index (χ2n) is 12.2. The topological polar surface area (TPSA) is 75.6 Å². The van der Waals surface area contributed by atoms with Gasteiger partial charge in [0.15, 0.2) is 0 Å². The fourth-order valence-electron chi connectivity index (χ4n) is 7.91. The molecule has 41 heavy (non-hydrogen) atoms. The lowest BCUT2D eigenvalue weighted by Crippen LogP contribution is -2.59. The minimum absolute atomic E-state index is 0.0293. The average Bonchev–Trinajstić information content (AvgIpc) is 2.89. The van der Waals surface area contributed by atoms with Crippen molar-refractivity contribution in [2.24, 2.45) is 23.2 Å². The predicted octanol–water partition coefficient (Wildman–Crippen LogP) is 7.74. The molecule has 4 fully saturated rings. The van der Waals surface area contributed by atoms with E-state index in [0.717, 1.165) is 49.5 Å². The third-order valence-electron chi connectivity index (χ3n) is 9.13. The second-order valence-corrected chi connectivity index (χ2v) is 13.3. The number of hydrogen-bond acceptors (Lipinski definition) is 4. The van der Waals surface area contributed by atoms with Gasteiger partial charge in [-0.25, -0.2) is 4.79 Å². The summed E-state index contributed by atoms with van der Waals surface area (Å²) in [5.41, 5.74) is -2.89. The molecule has 5 nitrogen and oxygen atoms in total. The van der Waals surface area contributed by atoms with E-state index in [-0.39, 0.29) is 28.8 Å². The number of carboxylic acids is 1. The summed E-state index contributed by atoms with van der Waals surface area (Å²) in [5.74, 6) is 0.415. The Labute approximate surface area is 240 Å². The molecule has 3 aromatic rings. The molecule has 0 radical (unpaired) electrons. The number of halogens is 3. The van der Waals surface area contributed by atoms with Gasteiger partial charge >= 0.3 is 11.5 Å². The Morgan fingerprint density at radius 1 is 1.00 bits per heavy atom. The molecule has 1 amide bonds. The zero-order valence-electron chi connectivity index (χ0n) is 22.7. The molecule has 4 saturated carbocycles. The van der Waals surface area contributed by atoms with E-state index in [9.17, 15) is 27.9 Å². The minimum atomic E-state index is -4.37. The van der Waals surface area contributed by atoms with Crippen LogP contribution in [0, 0.1) is 30.1 Å². The van der Waals surface area contributed by atoms with Crippen molar-refractivity contribution in [3.8, 4) is 5.75 Å². The highest BCUT2D eigenvalue weighted by Gasteiger charge is 2.56. The number of benzene rings is 3. The average molecular weight is 584 g/mol. The van der Waals surface area contributed by atoms with Crippen LogP contribution in [0.4, 0.5) is 13.2 Å². The normalized spacial score (nSPS) is 25.7. The monoisotopic (exact) mass is 583 g/mol. The van der Waals surface area contributed by atoms with Crippen molar-refractivity contribution in [1.82, 2.24) is 5.32 Å². The quantitative estimate of drug-likeness (QED) is 0.265. The van der Waals surface area contributed by atoms with Crippen molar-refractivity contribution >= 4 is 34.4 Å². The van der Waals surface area contributed by atoms with Crippen LogP contribution in [-0.4, -0.2) is 28.5 Å². The van der Waals surface area contributed by atoms with Gasteiger partial charge < -0.3 is 15.2 Å². The molecule has 216 valence electrons. The van der Waals surface area contributed by atoms with Crippen molar-refractivity contribution in [2.45, 2.75) is 68.5 Å². The smallest absolute Gasteiger partial charge is 0.446 e. The first kappa shape index (κ1) is 27.9. The van der Waals surface area contributed by atoms with Crippen LogP contribution in [0.15, 0.2) is 59.5 Å². The molecule has 7 rings (SSSR count). The van der Waals surface area contributed by atoms with Gasteiger partial charge in [0.1, 0.15) is 18.4 Å². The van der Waals surface area contributed by atoms with Gasteiger partial charge in [-0.1, -0.05) is 42.0 Å². The van der Waals surface area contributed by atoms with Crippen LogP contribution in [0.2, 0.25) is 0 Å². The van der Waals surface area contributed by atoms with Gasteiger partial charge in [0.2, 0.25) is 0 Å². The molecule has 0 aliphatic heterocycles. The molecule has 0 saturated heterocycles. The Balaban J connectivity index is 1.28. The van der Waals surface area contributed by atoms with E-state index in [1.165, 1.54) is 12.1 Å². The molecule has 1 atom stereocenters. The first-order chi connectivity index (χ1) is 19.5. The Hall–Kier alpha value is -3.20. The van der Waals surface area contributed by atoms with E-state index in [0.29, 0.717) is 34.5 Å². The van der Waals surface area contributed by atoms with Crippen LogP contribution in [-0.2, 0) is 11.4 Å². The summed E-state index contributed by atoms with van der Waals surface area (Å²) in [6.07, 6.45) is 5.99. The number of nitrogens with one attached hydrogen (secondary N) is 1. The number of alkyl halides is 3. The largest absolute Gasteiger partial charge is 0.487 e. The van der Waals surface area contributed by atoms with Crippen molar-refractivity contribution in [2.75, 3.05) is 0 Å². The lowest BCUT2D eigenvalue weighted by Gasteiger charge is -2.58. The van der Waals surface area contributed by atoms with Gasteiger partial charge in [-0.15, -0.1) is 0 Å². The van der Waals surface area contributed by atoms with Crippen molar-refractivity contribution in [1.29, 1.82) is 0 Å². The summed E-state index contributed by atoms with van der Waals surface area (Å²) in [5, 5.41) is 14.8. The number of amides is 1. The molecular weight excluding hydrogens is 551 g/mol. The summed E-state index contributed by atoms with van der Waals surface area (Å²) in [6.45, 7) is 1.99. The number of aliphatic carboxylic acids is 1. The summed E-state index contributed by atoms with van der Waals surface area (Å²) in [4.78, 5) is 26.5. The maximum atomic E-state index is 13.8. The molecule has 4 bridgehead atoms. The van der Waals surface area contributed by atoms with Crippen LogP contribution in [0.5, 0.6) is 5.75 Å². The minimum Gasteiger partial charge on any atom is -0.487 e. The zero-order valence-corrected chi connectivity index (χ0v) is 23.5. The van der Waals surface area contributed by atoms with Crippen LogP contribution in [0.1, 0.15) is 60.0 Å². The predicted molar refractivity (Wildman–Crippen MR) is 151 cm³/mol. The first-order valence-corrected chi connectivity index (χ1v) is 14.8. The molecule has 3 aromatic carbocycles. The number of thioether (sulfide) groups is 1. The maximum Gasteiger partial charge on any atom is 0.446 e. The Morgan fingerprint density at radius 3 is 2.22 bits per heavy atom. The standard InChI is InChI=1S/C32H32F3NO4S/c1-18-2-8-25-23(10-18)5-9-26(27(25)40-17-19-3-6-24(7-4-19)41-32(33,34)35)29(37)36-28(30(38)39)31-14-20-11-21(15-31)13-22(12-20)16-31/h2-10,20-22,28H,11-17H2,1H3,(H,36,37)(H,38,39)/t20?,21?,22?,28-,31?/m1/s1. The molecule has 4 aliphatic carbocycles. The van der Waals surface area contributed by atoms with E-state index in [1.807, 2.05) is 31.2 Å². The van der Waals surface area contributed by atoms with E-state index in [4.69, 9.17) is 4.74 Å². The number of carbonyl (C=O) groups is 2. The highest BCUT2D eigenvalue weighted by atomic mass is 32.2. The van der Waals surface area contributed by atoms with Crippen LogP contribution >= 0.6 is 11.8 Å². The summed E-state index contributed by atoms with van der Waals surface area (Å²) < 4.78 is 44.4. The third kappa shape index (κ3) is 5.78. The van der Waals surface area contributed by atoms with Gasteiger partial charge in [0, 0.05) is 15.7 Å². The number of hydrogen-bond donors (Lipinski definition) is 2. The lowest BCUT2D eigenvalue weighted by atomic mass is 9.47. The number of aryl methyl sites for hydroxylation is 1. The van der Waals surface area contributed by atoms with Crippen LogP contribution in [0.25, 0.3) is 10.8 Å². The van der Waals surface area contributed by atoms with Crippen molar-refractivity contribution in [3.05, 3.63) is 71.3 Å². The number of carboxylic acid groups (broad SMARTS) is 1. The van der Waals surface area contributed by atoms with Gasteiger partial charge in [-0.05, 0) is 104 Å². The van der Waals surface area contributed by atoms with Crippen molar-refractivity contribution < 1.29 is 32.6 Å². The highest BCUT2D eigenvalue weighted by Crippen LogP contribution is 2.61. The number of ether oxygens (including phenoxy) is 1. The fourth-order valence-corrected chi connectivity index (χ4v) is 8.45.